The highest BCUT2D eigenvalue weighted by Gasteiger charge is 2.59. The van der Waals surface area contributed by atoms with Gasteiger partial charge in [0.1, 0.15) is 171 Å². The average Bonchev–Trinajstić information content (AvgIpc) is 1.96. The van der Waals surface area contributed by atoms with Crippen molar-refractivity contribution in [3.63, 3.8) is 0 Å². The molecular formula is C46H78N2O37. The number of rotatable bonds is 22. The Balaban J connectivity index is 1.10. The first-order chi connectivity index (χ1) is 40.3. The molecule has 23 N–H and O–H groups in total. The van der Waals surface area contributed by atoms with Crippen molar-refractivity contribution in [2.24, 2.45) is 0 Å². The zero-order valence-corrected chi connectivity index (χ0v) is 45.1. The van der Waals surface area contributed by atoms with E-state index in [1.54, 1.807) is 0 Å². The van der Waals surface area contributed by atoms with E-state index in [0.717, 1.165) is 13.8 Å². The van der Waals surface area contributed by atoms with Gasteiger partial charge in [0.05, 0.1) is 46.2 Å². The van der Waals surface area contributed by atoms with Crippen LogP contribution in [0, 0.1) is 0 Å². The lowest BCUT2D eigenvalue weighted by Gasteiger charge is -2.50. The number of aliphatic hydroxyl groups is 20. The van der Waals surface area contributed by atoms with Crippen molar-refractivity contribution in [3.05, 3.63) is 0 Å². The summed E-state index contributed by atoms with van der Waals surface area (Å²) >= 11 is 0. The molecule has 0 aromatic carbocycles. The Morgan fingerprint density at radius 3 is 1.04 bits per heavy atom. The van der Waals surface area contributed by atoms with E-state index in [1.165, 1.54) is 0 Å². The van der Waals surface area contributed by atoms with Crippen LogP contribution in [-0.4, -0.2) is 380 Å². The van der Waals surface area contributed by atoms with Gasteiger partial charge in [0, 0.05) is 13.8 Å². The van der Waals surface area contributed by atoms with Crippen LogP contribution in [0.4, 0.5) is 0 Å². The van der Waals surface area contributed by atoms with E-state index in [0.29, 0.717) is 0 Å². The SMILES string of the molecule is CC(=O)N[C@H]1[C@H](O[C@@H]2[C@@H](OC[C@H]3O[C@@H](O)[C@@H](O)[C@@H](O[C@H]4O[C@H](CO)[C@@H](O)[C@H](O)[C@@H]4O[C@@H]4O[C@H](CO)[C@@H](O[C@@H]5O[C@H](CO)[C@H](O)[C@H](O)[C@H]5O)[C@H](O)[C@H]4NC(C)=O)[C@@H]3OO)O[C@H](CO)[C@@H](O)[C@@H]2O)O[C@H](CO)[C@@H](O[C@@H]2O[C@H](CO)[C@H](O)[C@H](O)[C@H]2O)[C@@H]1O. The zero-order chi connectivity index (χ0) is 62.6. The van der Waals surface area contributed by atoms with Crippen LogP contribution in [0.3, 0.4) is 0 Å². The van der Waals surface area contributed by atoms with Gasteiger partial charge in [-0.15, -0.1) is 0 Å². The number of amides is 2. The van der Waals surface area contributed by atoms with Crippen LogP contribution in [0.25, 0.3) is 0 Å². The summed E-state index contributed by atoms with van der Waals surface area (Å²) in [6.45, 7) is -4.95. The highest BCUT2D eigenvalue weighted by Crippen LogP contribution is 2.38. The quantitative estimate of drug-likeness (QED) is 0.0353. The Morgan fingerprint density at radius 2 is 0.659 bits per heavy atom. The van der Waals surface area contributed by atoms with Gasteiger partial charge in [-0.25, -0.2) is 4.89 Å². The van der Waals surface area contributed by atoms with E-state index in [1.807, 2.05) is 0 Å². The summed E-state index contributed by atoms with van der Waals surface area (Å²) in [6.07, 6.45) is -64.7. The molecule has 0 saturated carbocycles. The number of aliphatic hydroxyl groups excluding tert-OH is 20. The van der Waals surface area contributed by atoms with E-state index in [4.69, 9.17) is 61.6 Å². The molecule has 0 bridgehead atoms. The highest BCUT2D eigenvalue weighted by molar-refractivity contribution is 5.73. The van der Waals surface area contributed by atoms with Crippen LogP contribution in [0.5, 0.6) is 0 Å². The largest absolute Gasteiger partial charge is 0.394 e. The maximum Gasteiger partial charge on any atom is 0.217 e. The lowest BCUT2D eigenvalue weighted by atomic mass is 9.94. The molecule has 85 heavy (non-hydrogen) atoms. The number of carbonyl (C=O) groups excluding carboxylic acids is 2. The van der Waals surface area contributed by atoms with Crippen LogP contribution < -0.4 is 10.6 Å². The maximum absolute atomic E-state index is 12.6. The van der Waals surface area contributed by atoms with Crippen LogP contribution in [-0.2, 0) is 76.1 Å². The minimum absolute atomic E-state index is 0.859. The summed E-state index contributed by atoms with van der Waals surface area (Å²) in [5.41, 5.74) is 0. The Morgan fingerprint density at radius 1 is 0.329 bits per heavy atom. The van der Waals surface area contributed by atoms with Gasteiger partial charge in [-0.3, -0.25) is 14.8 Å². The molecular weight excluding hydrogens is 1170 g/mol. The topological polar surface area (TPSA) is 612 Å². The molecule has 0 aliphatic carbocycles. The molecule has 0 aromatic heterocycles. The van der Waals surface area contributed by atoms with Crippen molar-refractivity contribution in [2.75, 3.05) is 46.2 Å². The molecule has 7 aliphatic rings. The third kappa shape index (κ3) is 15.1. The van der Waals surface area contributed by atoms with Crippen LogP contribution in [0.15, 0.2) is 0 Å². The lowest BCUT2D eigenvalue weighted by molar-refractivity contribution is -0.414. The van der Waals surface area contributed by atoms with Gasteiger partial charge in [0.15, 0.2) is 44.0 Å². The second-order valence-corrected chi connectivity index (χ2v) is 21.2. The van der Waals surface area contributed by atoms with E-state index in [-0.39, 0.29) is 0 Å². The van der Waals surface area contributed by atoms with E-state index >= 15 is 0 Å². The van der Waals surface area contributed by atoms with Crippen LogP contribution in [0.1, 0.15) is 13.8 Å². The number of nitrogens with one attached hydrogen (secondary N) is 2. The van der Waals surface area contributed by atoms with Crippen LogP contribution >= 0.6 is 0 Å². The molecule has 35 atom stereocenters. The molecule has 7 heterocycles. The molecule has 39 nitrogen and oxygen atoms in total. The first-order valence-corrected chi connectivity index (χ1v) is 26.8. The third-order valence-corrected chi connectivity index (χ3v) is 15.4. The molecule has 7 rings (SSSR count). The first kappa shape index (κ1) is 70.0. The molecule has 7 fully saturated rings. The number of carbonyl (C=O) groups is 2. The number of ether oxygens (including phenoxy) is 13. The van der Waals surface area contributed by atoms with Gasteiger partial charge < -0.3 is 174 Å². The van der Waals surface area contributed by atoms with E-state index in [9.17, 15) is 117 Å². The molecule has 7 aliphatic heterocycles. The van der Waals surface area contributed by atoms with E-state index < -0.39 is 273 Å². The summed E-state index contributed by atoms with van der Waals surface area (Å²) in [7, 11) is 0. The van der Waals surface area contributed by atoms with Crippen LogP contribution in [0.2, 0.25) is 0 Å². The minimum atomic E-state index is -2.34. The standard InChI is InChI=1S/C46H78N2O37/c1-10(55)47-19-25(61)34(80-43-31(67)27(63)21(57)12(3-49)74-43)16(7-53)78-41(19)83-38-29(65)23(59)14(5-51)76-45(38)72-9-18-36(85-71)37(33(69)40(70)73-18)82-46-39(30(66)24(60)15(6-52)77-46)84-42-20(48-11(2)56)26(62)35(17(8-54)79-42)81-44-32(68)28(64)22(58)13(4-50)75-44/h12-46,49-54,57-71H,3-9H2,1-2H3,(H,47,55)(H,48,56)/t12-,13-,14-,15-,16-,17-,18-,19-,20-,21+,22+,23-,24-,25-,26-,27+,28+,29+,30+,31-,32-,33+,34-,35-,36-,37-,38+,39+,40-,41+,42+,43+,44+,45+,46-/m1/s1. The zero-order valence-electron chi connectivity index (χ0n) is 45.1. The van der Waals surface area contributed by atoms with Gasteiger partial charge in [-0.05, 0) is 0 Å². The number of hydrogen-bond acceptors (Lipinski definition) is 37. The van der Waals surface area contributed by atoms with Crippen molar-refractivity contribution in [1.29, 1.82) is 0 Å². The molecule has 494 valence electrons. The van der Waals surface area contributed by atoms with Gasteiger partial charge in [0.2, 0.25) is 11.8 Å². The molecule has 39 heteroatoms. The molecule has 2 amide bonds. The molecule has 7 saturated heterocycles. The number of hydrogen-bond donors (Lipinski definition) is 23. The Bertz CT molecular complexity index is 2080. The molecule has 0 unspecified atom stereocenters. The molecule has 0 radical (unpaired) electrons. The van der Waals surface area contributed by atoms with Gasteiger partial charge in [-0.1, -0.05) is 0 Å². The summed E-state index contributed by atoms with van der Waals surface area (Å²) in [5.74, 6) is -1.74. The summed E-state index contributed by atoms with van der Waals surface area (Å²) < 4.78 is 74.7. The predicted molar refractivity (Wildman–Crippen MR) is 256 cm³/mol. The average molecular weight is 1250 g/mol. The predicted octanol–water partition coefficient (Wildman–Crippen LogP) is -15.5. The monoisotopic (exact) mass is 1250 g/mol. The lowest BCUT2D eigenvalue weighted by Crippen LogP contribution is -2.70. The smallest absolute Gasteiger partial charge is 0.217 e. The van der Waals surface area contributed by atoms with Gasteiger partial charge in [-0.2, -0.15) is 0 Å². The Labute approximate surface area is 480 Å². The summed E-state index contributed by atoms with van der Waals surface area (Å²) in [6, 6.07) is -3.60. The second kappa shape index (κ2) is 30.6. The van der Waals surface area contributed by atoms with Crippen molar-refractivity contribution >= 4 is 11.8 Å². The van der Waals surface area contributed by atoms with Gasteiger partial charge in [0.25, 0.3) is 0 Å². The maximum atomic E-state index is 12.6. The Kier molecular flexibility index (Phi) is 25.2. The third-order valence-electron chi connectivity index (χ3n) is 15.4. The van der Waals surface area contributed by atoms with Crippen molar-refractivity contribution in [1.82, 2.24) is 10.6 Å². The normalized spacial score (nSPS) is 49.9. The van der Waals surface area contributed by atoms with Crippen molar-refractivity contribution < 1.29 is 183 Å². The first-order valence-electron chi connectivity index (χ1n) is 26.8. The van der Waals surface area contributed by atoms with E-state index in [2.05, 4.69) is 15.5 Å². The molecule has 0 spiro atoms. The Hall–Kier alpha value is -2.46. The highest BCUT2D eigenvalue weighted by atomic mass is 17.1. The second-order valence-electron chi connectivity index (χ2n) is 21.2. The van der Waals surface area contributed by atoms with Crippen molar-refractivity contribution in [3.8, 4) is 0 Å². The minimum Gasteiger partial charge on any atom is -0.394 e. The van der Waals surface area contributed by atoms with Gasteiger partial charge >= 0.3 is 0 Å². The fraction of sp³-hybridized carbons (Fsp3) is 0.957. The summed E-state index contributed by atoms with van der Waals surface area (Å²) in [5, 5.41) is 229. The fourth-order valence-electron chi connectivity index (χ4n) is 10.8. The molecule has 0 aromatic rings. The summed E-state index contributed by atoms with van der Waals surface area (Å²) in [4.78, 5) is 29.8. The fourth-order valence-corrected chi connectivity index (χ4v) is 10.8. The van der Waals surface area contributed by atoms with Crippen molar-refractivity contribution in [2.45, 2.75) is 229 Å².